The van der Waals surface area contributed by atoms with Crippen LogP contribution >= 0.6 is 0 Å². The quantitative estimate of drug-likeness (QED) is 0.586. The van der Waals surface area contributed by atoms with E-state index in [4.69, 9.17) is 5.73 Å². The molecule has 1 unspecified atom stereocenters. The molecule has 1 amide bonds. The maximum absolute atomic E-state index is 12.3. The van der Waals surface area contributed by atoms with E-state index in [0.29, 0.717) is 19.5 Å². The largest absolute Gasteiger partial charge is 0.369 e. The van der Waals surface area contributed by atoms with Gasteiger partial charge in [0, 0.05) is 19.3 Å². The van der Waals surface area contributed by atoms with Gasteiger partial charge in [-0.1, -0.05) is 6.07 Å². The second-order valence-electron chi connectivity index (χ2n) is 6.54. The van der Waals surface area contributed by atoms with E-state index >= 15 is 0 Å². The second-order valence-corrected chi connectivity index (χ2v) is 10.3. The number of benzene rings is 1. The summed E-state index contributed by atoms with van der Waals surface area (Å²) < 4.78 is 50.3. The van der Waals surface area contributed by atoms with E-state index in [2.05, 4.69) is 9.62 Å². The number of carbonyl (C=O) groups excluding carboxylic acids is 1. The standard InChI is InChI=1S/C16H25N3O5S2/c1-25(21,22)14-6-2-7-15(11-14)26(23,24)18-8-4-10-19-9-3-5-13(12-19)16(17)20/h2,6-7,11,13,18H,3-5,8-10,12H2,1H3,(H2,17,20). The van der Waals surface area contributed by atoms with Gasteiger partial charge in [-0.3, -0.25) is 4.79 Å². The van der Waals surface area contributed by atoms with Crippen LogP contribution in [-0.2, 0) is 24.7 Å². The maximum Gasteiger partial charge on any atom is 0.240 e. The van der Waals surface area contributed by atoms with Gasteiger partial charge in [0.05, 0.1) is 15.7 Å². The molecule has 2 rings (SSSR count). The van der Waals surface area contributed by atoms with Gasteiger partial charge in [-0.2, -0.15) is 0 Å². The van der Waals surface area contributed by atoms with Gasteiger partial charge >= 0.3 is 0 Å². The van der Waals surface area contributed by atoms with Gasteiger partial charge in [-0.05, 0) is 50.6 Å². The van der Waals surface area contributed by atoms with Crippen LogP contribution in [0.4, 0.5) is 0 Å². The molecule has 0 spiro atoms. The van der Waals surface area contributed by atoms with Crippen LogP contribution in [-0.4, -0.2) is 60.1 Å². The third-order valence-corrected chi connectivity index (χ3v) is 6.96. The number of hydrogen-bond acceptors (Lipinski definition) is 6. The van der Waals surface area contributed by atoms with Crippen LogP contribution in [0.5, 0.6) is 0 Å². The lowest BCUT2D eigenvalue weighted by Crippen LogP contribution is -2.42. The van der Waals surface area contributed by atoms with Crippen molar-refractivity contribution in [1.29, 1.82) is 0 Å². The van der Waals surface area contributed by atoms with Crippen LogP contribution in [0.2, 0.25) is 0 Å². The van der Waals surface area contributed by atoms with E-state index < -0.39 is 19.9 Å². The average molecular weight is 404 g/mol. The lowest BCUT2D eigenvalue weighted by molar-refractivity contribution is -0.123. The molecule has 0 saturated carbocycles. The number of carbonyl (C=O) groups is 1. The minimum atomic E-state index is -3.78. The molecule has 0 aromatic heterocycles. The molecule has 8 nitrogen and oxygen atoms in total. The van der Waals surface area contributed by atoms with Crippen molar-refractivity contribution >= 4 is 25.8 Å². The van der Waals surface area contributed by atoms with Crippen LogP contribution in [0, 0.1) is 5.92 Å². The van der Waals surface area contributed by atoms with Crippen molar-refractivity contribution in [3.05, 3.63) is 24.3 Å². The number of nitrogens with one attached hydrogen (secondary N) is 1. The Morgan fingerprint density at radius 2 is 1.96 bits per heavy atom. The molecule has 0 bridgehead atoms. The fourth-order valence-corrected chi connectivity index (χ4v) is 4.82. The third-order valence-electron chi connectivity index (χ3n) is 4.40. The van der Waals surface area contributed by atoms with Gasteiger partial charge in [0.2, 0.25) is 15.9 Å². The van der Waals surface area contributed by atoms with Crippen molar-refractivity contribution < 1.29 is 21.6 Å². The average Bonchev–Trinajstić information content (AvgIpc) is 2.58. The van der Waals surface area contributed by atoms with Crippen LogP contribution in [0.15, 0.2) is 34.1 Å². The Morgan fingerprint density at radius 1 is 1.27 bits per heavy atom. The number of amides is 1. The Balaban J connectivity index is 1.88. The van der Waals surface area contributed by atoms with E-state index in [-0.39, 0.29) is 28.2 Å². The molecule has 146 valence electrons. The third kappa shape index (κ3) is 5.76. The van der Waals surface area contributed by atoms with E-state index in [9.17, 15) is 21.6 Å². The summed E-state index contributed by atoms with van der Waals surface area (Å²) in [5, 5.41) is 0. The molecule has 0 radical (unpaired) electrons. The normalized spacial score (nSPS) is 19.3. The van der Waals surface area contributed by atoms with Crippen molar-refractivity contribution in [2.45, 2.75) is 29.1 Å². The predicted octanol–water partition coefficient (Wildman–Crippen LogP) is -0.0442. The number of rotatable bonds is 8. The molecule has 1 aromatic carbocycles. The van der Waals surface area contributed by atoms with Crippen molar-refractivity contribution in [2.75, 3.05) is 32.4 Å². The second kappa shape index (κ2) is 8.47. The van der Waals surface area contributed by atoms with Gasteiger partial charge in [-0.25, -0.2) is 21.6 Å². The van der Waals surface area contributed by atoms with Crippen molar-refractivity contribution in [3.63, 3.8) is 0 Å². The van der Waals surface area contributed by atoms with Gasteiger partial charge in [-0.15, -0.1) is 0 Å². The lowest BCUT2D eigenvalue weighted by atomic mass is 9.97. The molecular formula is C16H25N3O5S2. The van der Waals surface area contributed by atoms with E-state index in [1.807, 2.05) is 0 Å². The zero-order chi connectivity index (χ0) is 19.4. The Hall–Kier alpha value is -1.49. The van der Waals surface area contributed by atoms with Gasteiger partial charge in [0.15, 0.2) is 9.84 Å². The van der Waals surface area contributed by atoms with Crippen LogP contribution < -0.4 is 10.5 Å². The molecule has 0 aliphatic carbocycles. The number of piperidine rings is 1. The number of nitrogens with two attached hydrogens (primary N) is 1. The van der Waals surface area contributed by atoms with Gasteiger partial charge in [0.1, 0.15) is 0 Å². The van der Waals surface area contributed by atoms with Crippen LogP contribution in [0.1, 0.15) is 19.3 Å². The Morgan fingerprint density at radius 3 is 2.62 bits per heavy atom. The Labute approximate surface area is 154 Å². The lowest BCUT2D eigenvalue weighted by Gasteiger charge is -2.31. The minimum Gasteiger partial charge on any atom is -0.369 e. The summed E-state index contributed by atoms with van der Waals surface area (Å²) in [6.45, 7) is 2.37. The fourth-order valence-electron chi connectivity index (χ4n) is 2.96. The number of hydrogen-bond donors (Lipinski definition) is 2. The zero-order valence-corrected chi connectivity index (χ0v) is 16.4. The van der Waals surface area contributed by atoms with E-state index in [0.717, 1.165) is 31.7 Å². The summed E-state index contributed by atoms with van der Waals surface area (Å²) in [4.78, 5) is 13.3. The topological polar surface area (TPSA) is 127 Å². The predicted molar refractivity (Wildman–Crippen MR) is 97.7 cm³/mol. The molecule has 3 N–H and O–H groups in total. The summed E-state index contributed by atoms with van der Waals surface area (Å²) in [7, 11) is -7.25. The van der Waals surface area contributed by atoms with Gasteiger partial charge < -0.3 is 10.6 Å². The molecule has 1 heterocycles. The molecule has 1 aromatic rings. The molecular weight excluding hydrogens is 378 g/mol. The summed E-state index contributed by atoms with van der Waals surface area (Å²) >= 11 is 0. The van der Waals surface area contributed by atoms with Crippen molar-refractivity contribution in [3.8, 4) is 0 Å². The first kappa shape index (κ1) is 20.8. The molecule has 10 heteroatoms. The Kier molecular flexibility index (Phi) is 6.78. The highest BCUT2D eigenvalue weighted by Crippen LogP contribution is 2.17. The maximum atomic E-state index is 12.3. The molecule has 1 atom stereocenters. The molecule has 1 fully saturated rings. The van der Waals surface area contributed by atoms with Crippen molar-refractivity contribution in [2.24, 2.45) is 11.7 Å². The highest BCUT2D eigenvalue weighted by atomic mass is 32.2. The van der Waals surface area contributed by atoms with E-state index in [1.54, 1.807) is 0 Å². The highest BCUT2D eigenvalue weighted by molar-refractivity contribution is 7.91. The fraction of sp³-hybridized carbons (Fsp3) is 0.562. The first-order valence-corrected chi connectivity index (χ1v) is 11.8. The first-order valence-electron chi connectivity index (χ1n) is 8.41. The molecule has 26 heavy (non-hydrogen) atoms. The number of likely N-dealkylation sites (tertiary alicyclic amines) is 1. The summed E-state index contributed by atoms with van der Waals surface area (Å²) in [6, 6.07) is 5.28. The van der Waals surface area contributed by atoms with Crippen LogP contribution in [0.25, 0.3) is 0 Å². The zero-order valence-electron chi connectivity index (χ0n) is 14.7. The van der Waals surface area contributed by atoms with Crippen LogP contribution in [0.3, 0.4) is 0 Å². The number of sulfonamides is 1. The number of primary amides is 1. The monoisotopic (exact) mass is 403 g/mol. The van der Waals surface area contributed by atoms with Gasteiger partial charge in [0.25, 0.3) is 0 Å². The minimum absolute atomic E-state index is 0.0359. The highest BCUT2D eigenvalue weighted by Gasteiger charge is 2.23. The number of sulfone groups is 1. The number of nitrogens with zero attached hydrogens (tertiary/aromatic N) is 1. The Bertz CT molecular complexity index is 852. The molecule has 1 aliphatic heterocycles. The SMILES string of the molecule is CS(=O)(=O)c1cccc(S(=O)(=O)NCCCN2CCCC(C(N)=O)C2)c1. The summed E-state index contributed by atoms with van der Waals surface area (Å²) in [5.41, 5.74) is 5.35. The van der Waals surface area contributed by atoms with Crippen molar-refractivity contribution in [1.82, 2.24) is 9.62 Å². The summed E-state index contributed by atoms with van der Waals surface area (Å²) in [6.07, 6.45) is 3.31. The van der Waals surface area contributed by atoms with E-state index in [1.165, 1.54) is 18.2 Å². The molecule has 1 saturated heterocycles. The smallest absolute Gasteiger partial charge is 0.240 e. The molecule has 1 aliphatic rings. The first-order chi connectivity index (χ1) is 12.1. The summed E-state index contributed by atoms with van der Waals surface area (Å²) in [5.74, 6) is -0.430.